The predicted octanol–water partition coefficient (Wildman–Crippen LogP) is 5.79. The van der Waals surface area contributed by atoms with E-state index in [0.29, 0.717) is 24.7 Å². The van der Waals surface area contributed by atoms with Gasteiger partial charge in [0.2, 0.25) is 5.91 Å². The van der Waals surface area contributed by atoms with Gasteiger partial charge < -0.3 is 9.64 Å². The number of ether oxygens (including phenoxy) is 1. The van der Waals surface area contributed by atoms with E-state index in [1.165, 1.54) is 5.56 Å². The van der Waals surface area contributed by atoms with Gasteiger partial charge >= 0.3 is 0 Å². The normalized spacial score (nSPS) is 17.9. The number of nitrogens with zero attached hydrogens (tertiary/aromatic N) is 3. The lowest BCUT2D eigenvalue weighted by Crippen LogP contribution is -2.47. The summed E-state index contributed by atoms with van der Waals surface area (Å²) in [7, 11) is 0. The topological polar surface area (TPSA) is 56.6 Å². The van der Waals surface area contributed by atoms with Crippen LogP contribution in [0.3, 0.4) is 0 Å². The number of nitriles is 1. The Bertz CT molecular complexity index is 1280. The van der Waals surface area contributed by atoms with Gasteiger partial charge in [-0.2, -0.15) is 5.26 Å². The van der Waals surface area contributed by atoms with Crippen molar-refractivity contribution in [3.63, 3.8) is 0 Å². The molecule has 170 valence electrons. The van der Waals surface area contributed by atoms with Gasteiger partial charge in [-0.05, 0) is 47.9 Å². The highest BCUT2D eigenvalue weighted by atomic mass is 32.2. The van der Waals surface area contributed by atoms with Crippen LogP contribution in [0.4, 0.5) is 5.69 Å². The number of carbonyl (C=O) groups is 1. The summed E-state index contributed by atoms with van der Waals surface area (Å²) in [4.78, 5) is 17.2. The van der Waals surface area contributed by atoms with Gasteiger partial charge in [-0.3, -0.25) is 9.69 Å². The molecule has 2 aliphatic heterocycles. The Kier molecular flexibility index (Phi) is 6.29. The van der Waals surface area contributed by atoms with Crippen molar-refractivity contribution >= 4 is 23.4 Å². The molecule has 5 nitrogen and oxygen atoms in total. The number of rotatable bonds is 5. The van der Waals surface area contributed by atoms with Gasteiger partial charge in [0.05, 0.1) is 29.2 Å². The molecular formula is C28H25N3O2S. The zero-order chi connectivity index (χ0) is 23.5. The number of hydrogen-bond acceptors (Lipinski definition) is 5. The number of aryl methyl sites for hydroxylation is 1. The zero-order valence-electron chi connectivity index (χ0n) is 19.0. The third-order valence-corrected chi connectivity index (χ3v) is 7.32. The number of carbonyl (C=O) groups excluding carboxylic acids is 1. The summed E-state index contributed by atoms with van der Waals surface area (Å²) < 4.78 is 5.99. The fourth-order valence-electron chi connectivity index (χ4n) is 4.40. The Labute approximate surface area is 204 Å². The molecule has 6 heteroatoms. The summed E-state index contributed by atoms with van der Waals surface area (Å²) >= 11 is 1.56. The lowest BCUT2D eigenvalue weighted by atomic mass is 9.86. The van der Waals surface area contributed by atoms with Crippen molar-refractivity contribution in [2.75, 3.05) is 17.4 Å². The third kappa shape index (κ3) is 4.52. The molecule has 1 amide bonds. The van der Waals surface area contributed by atoms with Crippen LogP contribution in [-0.2, 0) is 11.4 Å². The number of allylic oxidation sites excluding steroid dienone is 1. The smallest absolute Gasteiger partial charge is 0.229 e. The minimum absolute atomic E-state index is 0.0412. The summed E-state index contributed by atoms with van der Waals surface area (Å²) in [5, 5.41) is 10.9. The Morgan fingerprint density at radius 2 is 1.88 bits per heavy atom. The van der Waals surface area contributed by atoms with Crippen molar-refractivity contribution in [1.82, 2.24) is 4.90 Å². The lowest BCUT2D eigenvalue weighted by Gasteiger charge is -2.42. The molecule has 0 aromatic heterocycles. The second kappa shape index (κ2) is 9.66. The van der Waals surface area contributed by atoms with Crippen molar-refractivity contribution in [3.05, 3.63) is 106 Å². The van der Waals surface area contributed by atoms with Gasteiger partial charge in [0.1, 0.15) is 12.4 Å². The second-order valence-corrected chi connectivity index (χ2v) is 9.48. The number of anilines is 1. The number of benzene rings is 3. The van der Waals surface area contributed by atoms with Crippen LogP contribution in [0.25, 0.3) is 0 Å². The average molecular weight is 468 g/mol. The van der Waals surface area contributed by atoms with E-state index >= 15 is 0 Å². The first kappa shape index (κ1) is 22.1. The minimum atomic E-state index is -0.262. The van der Waals surface area contributed by atoms with E-state index in [-0.39, 0.29) is 18.2 Å². The van der Waals surface area contributed by atoms with Crippen LogP contribution >= 0.6 is 11.8 Å². The first-order valence-electron chi connectivity index (χ1n) is 11.3. The first-order valence-corrected chi connectivity index (χ1v) is 12.3. The molecule has 3 aromatic carbocycles. The fraction of sp³-hybridized carbons (Fsp3) is 0.214. The van der Waals surface area contributed by atoms with Crippen LogP contribution in [0.15, 0.2) is 89.5 Å². The van der Waals surface area contributed by atoms with Crippen LogP contribution in [0.1, 0.15) is 29.0 Å². The molecule has 0 bridgehead atoms. The van der Waals surface area contributed by atoms with Crippen molar-refractivity contribution in [2.24, 2.45) is 0 Å². The molecule has 2 heterocycles. The van der Waals surface area contributed by atoms with Crippen LogP contribution in [0.5, 0.6) is 5.75 Å². The largest absolute Gasteiger partial charge is 0.489 e. The Balaban J connectivity index is 1.38. The quantitative estimate of drug-likeness (QED) is 0.475. The van der Waals surface area contributed by atoms with E-state index in [0.717, 1.165) is 27.6 Å². The SMILES string of the molecule is Cc1cccc(N2CSC3=C(C#N)C(c4cccc(OCc5ccccc5)c4)CC(=O)N3C2)c1. The molecule has 1 fully saturated rings. The van der Waals surface area contributed by atoms with E-state index in [2.05, 4.69) is 36.1 Å². The minimum Gasteiger partial charge on any atom is -0.489 e. The molecule has 0 saturated carbocycles. The molecule has 0 aliphatic carbocycles. The maximum absolute atomic E-state index is 13.2. The predicted molar refractivity (Wildman–Crippen MR) is 135 cm³/mol. The molecule has 0 N–H and O–H groups in total. The van der Waals surface area contributed by atoms with E-state index in [1.54, 1.807) is 16.7 Å². The summed E-state index contributed by atoms with van der Waals surface area (Å²) in [5.74, 6) is 1.21. The van der Waals surface area contributed by atoms with Crippen LogP contribution < -0.4 is 9.64 Å². The second-order valence-electron chi connectivity index (χ2n) is 8.55. The zero-order valence-corrected chi connectivity index (χ0v) is 19.8. The van der Waals surface area contributed by atoms with E-state index in [4.69, 9.17) is 4.74 Å². The maximum atomic E-state index is 13.2. The summed E-state index contributed by atoms with van der Waals surface area (Å²) in [6.07, 6.45) is 0.275. The number of hydrogen-bond donors (Lipinski definition) is 0. The van der Waals surface area contributed by atoms with Crippen molar-refractivity contribution in [2.45, 2.75) is 25.9 Å². The van der Waals surface area contributed by atoms with E-state index in [9.17, 15) is 10.1 Å². The van der Waals surface area contributed by atoms with Crippen LogP contribution in [-0.4, -0.2) is 23.4 Å². The van der Waals surface area contributed by atoms with Crippen LogP contribution in [0, 0.1) is 18.3 Å². The number of amides is 1. The molecule has 1 atom stereocenters. The fourth-order valence-corrected chi connectivity index (χ4v) is 5.56. The molecule has 2 aliphatic rings. The Morgan fingerprint density at radius 3 is 2.68 bits per heavy atom. The van der Waals surface area contributed by atoms with Gasteiger partial charge in [0, 0.05) is 18.0 Å². The number of fused-ring (bicyclic) bond motifs is 1. The highest BCUT2D eigenvalue weighted by molar-refractivity contribution is 8.03. The molecular weight excluding hydrogens is 442 g/mol. The first-order chi connectivity index (χ1) is 16.6. The third-order valence-electron chi connectivity index (χ3n) is 6.17. The van der Waals surface area contributed by atoms with Crippen LogP contribution in [0.2, 0.25) is 0 Å². The molecule has 3 aromatic rings. The lowest BCUT2D eigenvalue weighted by molar-refractivity contribution is -0.129. The summed E-state index contributed by atoms with van der Waals surface area (Å²) in [6, 6.07) is 28.5. The molecule has 34 heavy (non-hydrogen) atoms. The van der Waals surface area contributed by atoms with Gasteiger partial charge in [-0.1, -0.05) is 66.4 Å². The Morgan fingerprint density at radius 1 is 1.06 bits per heavy atom. The molecule has 1 saturated heterocycles. The summed E-state index contributed by atoms with van der Waals surface area (Å²) in [5.41, 5.74) is 4.95. The van der Waals surface area contributed by atoms with Crippen molar-refractivity contribution < 1.29 is 9.53 Å². The van der Waals surface area contributed by atoms with Gasteiger partial charge in [-0.15, -0.1) is 0 Å². The number of thioether (sulfide) groups is 1. The molecule has 0 spiro atoms. The maximum Gasteiger partial charge on any atom is 0.229 e. The highest BCUT2D eigenvalue weighted by Gasteiger charge is 2.38. The van der Waals surface area contributed by atoms with Gasteiger partial charge in [0.15, 0.2) is 0 Å². The average Bonchev–Trinajstić information content (AvgIpc) is 2.88. The molecule has 1 unspecified atom stereocenters. The van der Waals surface area contributed by atoms with E-state index in [1.807, 2.05) is 60.7 Å². The van der Waals surface area contributed by atoms with Gasteiger partial charge in [0.25, 0.3) is 0 Å². The van der Waals surface area contributed by atoms with E-state index < -0.39 is 0 Å². The highest BCUT2D eigenvalue weighted by Crippen LogP contribution is 2.43. The Hall–Kier alpha value is -3.69. The van der Waals surface area contributed by atoms with Crippen molar-refractivity contribution in [3.8, 4) is 11.8 Å². The van der Waals surface area contributed by atoms with Gasteiger partial charge in [-0.25, -0.2) is 0 Å². The standard InChI is InChI=1S/C28H25N3O2S/c1-20-7-5-11-23(13-20)30-18-31-27(32)15-25(26(16-29)28(31)34-19-30)22-10-6-12-24(14-22)33-17-21-8-3-2-4-9-21/h2-14,25H,15,17-19H2,1H3. The summed E-state index contributed by atoms with van der Waals surface area (Å²) in [6.45, 7) is 3.00. The van der Waals surface area contributed by atoms with Crippen molar-refractivity contribution in [1.29, 1.82) is 5.26 Å². The molecule has 0 radical (unpaired) electrons. The molecule has 5 rings (SSSR count). The monoisotopic (exact) mass is 467 g/mol.